The van der Waals surface area contributed by atoms with E-state index in [2.05, 4.69) is 0 Å². The summed E-state index contributed by atoms with van der Waals surface area (Å²) in [7, 11) is 0.194. The molecule has 0 aliphatic carbocycles. The number of nitrogens with zero attached hydrogens (tertiary/aromatic N) is 1. The molecule has 0 bridgehead atoms. The van der Waals surface area contributed by atoms with E-state index in [1.165, 1.54) is 4.31 Å². The Morgan fingerprint density at radius 3 is 2.10 bits per heavy atom. The maximum Gasteiger partial charge on any atom is 0.213 e. The Balaban J connectivity index is 3.90. The van der Waals surface area contributed by atoms with Crippen LogP contribution in [0, 0.1) is 0 Å². The minimum atomic E-state index is -2.93. The third-order valence-electron chi connectivity index (χ3n) is 1.31. The Kier molecular flexibility index (Phi) is 3.89. The smallest absolute Gasteiger partial charge is 0.212 e. The molecule has 0 aromatic rings. The van der Waals surface area contributed by atoms with Crippen molar-refractivity contribution in [3.05, 3.63) is 0 Å². The van der Waals surface area contributed by atoms with Crippen molar-refractivity contribution in [1.29, 1.82) is 0 Å². The van der Waals surface area contributed by atoms with Crippen LogP contribution in [0.5, 0.6) is 0 Å². The highest BCUT2D eigenvalue weighted by Crippen LogP contribution is 1.98. The molecule has 0 aliphatic rings. The highest BCUT2D eigenvalue weighted by atomic mass is 32.2. The standard InChI is InChI=1S/C6H15NO2S/c1-4-5-6-10(8,9)7(2)3/h4-6H2,1-3H3. The number of sulfonamides is 1. The summed E-state index contributed by atoms with van der Waals surface area (Å²) in [6.45, 7) is 1.98. The lowest BCUT2D eigenvalue weighted by Crippen LogP contribution is -2.24. The number of unbranched alkanes of at least 4 members (excludes halogenated alkanes) is 1. The molecule has 0 N–H and O–H groups in total. The van der Waals surface area contributed by atoms with Gasteiger partial charge in [-0.15, -0.1) is 0 Å². The second-order valence-electron chi connectivity index (χ2n) is 2.45. The number of rotatable bonds is 4. The minimum absolute atomic E-state index is 0.274. The fourth-order valence-electron chi connectivity index (χ4n) is 0.509. The molecule has 62 valence electrons. The summed E-state index contributed by atoms with van der Waals surface area (Å²) in [6.07, 6.45) is 1.67. The van der Waals surface area contributed by atoms with Gasteiger partial charge in [-0.05, 0) is 6.42 Å². The summed E-state index contributed by atoms with van der Waals surface area (Å²) >= 11 is 0. The Labute approximate surface area is 63.1 Å². The average molecular weight is 165 g/mol. The minimum Gasteiger partial charge on any atom is -0.212 e. The van der Waals surface area contributed by atoms with Gasteiger partial charge in [-0.2, -0.15) is 0 Å². The quantitative estimate of drug-likeness (QED) is 0.614. The molecule has 0 heterocycles. The third-order valence-corrected chi connectivity index (χ3v) is 3.23. The maximum atomic E-state index is 11.0. The molecule has 0 spiro atoms. The van der Waals surface area contributed by atoms with Gasteiger partial charge in [-0.3, -0.25) is 0 Å². The van der Waals surface area contributed by atoms with Crippen molar-refractivity contribution in [3.8, 4) is 0 Å². The zero-order chi connectivity index (χ0) is 8.20. The van der Waals surface area contributed by atoms with E-state index in [0.29, 0.717) is 0 Å². The van der Waals surface area contributed by atoms with Gasteiger partial charge in [-0.25, -0.2) is 12.7 Å². The van der Waals surface area contributed by atoms with Gasteiger partial charge in [0, 0.05) is 14.1 Å². The zero-order valence-corrected chi connectivity index (χ0v) is 7.61. The van der Waals surface area contributed by atoms with Gasteiger partial charge in [-0.1, -0.05) is 13.3 Å². The largest absolute Gasteiger partial charge is 0.213 e. The van der Waals surface area contributed by atoms with Crippen molar-refractivity contribution in [2.75, 3.05) is 19.8 Å². The lowest BCUT2D eigenvalue weighted by Gasteiger charge is -2.09. The number of hydrogen-bond donors (Lipinski definition) is 0. The summed E-state index contributed by atoms with van der Waals surface area (Å²) in [5.74, 6) is 0.274. The molecule has 0 atom stereocenters. The van der Waals surface area contributed by atoms with E-state index in [9.17, 15) is 8.42 Å². The van der Waals surface area contributed by atoms with E-state index in [4.69, 9.17) is 0 Å². The van der Waals surface area contributed by atoms with Gasteiger partial charge in [0.2, 0.25) is 10.0 Å². The Morgan fingerprint density at radius 1 is 1.30 bits per heavy atom. The molecule has 0 saturated heterocycles. The topological polar surface area (TPSA) is 37.4 Å². The normalized spacial score (nSPS) is 12.4. The van der Waals surface area contributed by atoms with E-state index >= 15 is 0 Å². The fourth-order valence-corrected chi connectivity index (χ4v) is 1.53. The second-order valence-corrected chi connectivity index (χ2v) is 4.75. The Hall–Kier alpha value is -0.0900. The summed E-state index contributed by atoms with van der Waals surface area (Å²) in [5.41, 5.74) is 0. The SMILES string of the molecule is CCCCS(=O)(=O)N(C)C. The second kappa shape index (κ2) is 3.93. The molecular weight excluding hydrogens is 150 g/mol. The van der Waals surface area contributed by atoms with Crippen LogP contribution in [0.2, 0.25) is 0 Å². The molecule has 0 aromatic carbocycles. The van der Waals surface area contributed by atoms with Crippen LogP contribution < -0.4 is 0 Å². The Morgan fingerprint density at radius 2 is 1.80 bits per heavy atom. The van der Waals surface area contributed by atoms with Crippen LogP contribution in [0.25, 0.3) is 0 Å². The van der Waals surface area contributed by atoms with Crippen LogP contribution in [-0.2, 0) is 10.0 Å². The van der Waals surface area contributed by atoms with Gasteiger partial charge in [0.05, 0.1) is 5.75 Å². The lowest BCUT2D eigenvalue weighted by atomic mass is 10.4. The zero-order valence-electron chi connectivity index (χ0n) is 6.79. The van der Waals surface area contributed by atoms with E-state index in [-0.39, 0.29) is 5.75 Å². The molecule has 0 radical (unpaired) electrons. The van der Waals surface area contributed by atoms with E-state index < -0.39 is 10.0 Å². The highest BCUT2D eigenvalue weighted by Gasteiger charge is 2.11. The summed E-state index contributed by atoms with van der Waals surface area (Å²) in [6, 6.07) is 0. The monoisotopic (exact) mass is 165 g/mol. The molecule has 0 fully saturated rings. The van der Waals surface area contributed by atoms with Crippen molar-refractivity contribution in [1.82, 2.24) is 4.31 Å². The third kappa shape index (κ3) is 3.17. The molecule has 0 aromatic heterocycles. The average Bonchev–Trinajstić information content (AvgIpc) is 1.84. The van der Waals surface area contributed by atoms with E-state index in [0.717, 1.165) is 12.8 Å². The van der Waals surface area contributed by atoms with Crippen molar-refractivity contribution in [3.63, 3.8) is 0 Å². The van der Waals surface area contributed by atoms with Crippen LogP contribution in [0.3, 0.4) is 0 Å². The summed E-state index contributed by atoms with van der Waals surface area (Å²) < 4.78 is 23.3. The summed E-state index contributed by atoms with van der Waals surface area (Å²) in [5, 5.41) is 0. The molecule has 0 rings (SSSR count). The lowest BCUT2D eigenvalue weighted by molar-refractivity contribution is 0.518. The fraction of sp³-hybridized carbons (Fsp3) is 1.00. The predicted octanol–water partition coefficient (Wildman–Crippen LogP) is 0.678. The molecule has 0 saturated carbocycles. The first kappa shape index (κ1) is 9.91. The Bertz CT molecular complexity index is 172. The molecule has 0 unspecified atom stereocenters. The highest BCUT2D eigenvalue weighted by molar-refractivity contribution is 7.89. The van der Waals surface area contributed by atoms with Crippen LogP contribution in [0.15, 0.2) is 0 Å². The molecule has 4 heteroatoms. The summed E-state index contributed by atoms with van der Waals surface area (Å²) in [4.78, 5) is 0. The molecular formula is C6H15NO2S. The van der Waals surface area contributed by atoms with E-state index in [1.807, 2.05) is 6.92 Å². The van der Waals surface area contributed by atoms with Crippen LogP contribution in [-0.4, -0.2) is 32.6 Å². The number of hydrogen-bond acceptors (Lipinski definition) is 2. The van der Waals surface area contributed by atoms with Gasteiger partial charge < -0.3 is 0 Å². The molecule has 0 aliphatic heterocycles. The first-order valence-electron chi connectivity index (χ1n) is 3.41. The van der Waals surface area contributed by atoms with E-state index in [1.54, 1.807) is 14.1 Å². The van der Waals surface area contributed by atoms with Crippen molar-refractivity contribution in [2.24, 2.45) is 0 Å². The van der Waals surface area contributed by atoms with Gasteiger partial charge in [0.25, 0.3) is 0 Å². The first-order chi connectivity index (χ1) is 4.50. The van der Waals surface area contributed by atoms with Gasteiger partial charge in [0.15, 0.2) is 0 Å². The van der Waals surface area contributed by atoms with Crippen molar-refractivity contribution < 1.29 is 8.42 Å². The van der Waals surface area contributed by atoms with Gasteiger partial charge in [0.1, 0.15) is 0 Å². The molecule has 0 amide bonds. The van der Waals surface area contributed by atoms with Gasteiger partial charge >= 0.3 is 0 Å². The predicted molar refractivity (Wildman–Crippen MR) is 42.4 cm³/mol. The van der Waals surface area contributed by atoms with Crippen LogP contribution >= 0.6 is 0 Å². The maximum absolute atomic E-state index is 11.0. The molecule has 3 nitrogen and oxygen atoms in total. The van der Waals surface area contributed by atoms with Crippen LogP contribution in [0.1, 0.15) is 19.8 Å². The van der Waals surface area contributed by atoms with Crippen LogP contribution in [0.4, 0.5) is 0 Å². The van der Waals surface area contributed by atoms with Crippen molar-refractivity contribution >= 4 is 10.0 Å². The van der Waals surface area contributed by atoms with Crippen molar-refractivity contribution in [2.45, 2.75) is 19.8 Å². The first-order valence-corrected chi connectivity index (χ1v) is 5.02. The molecule has 10 heavy (non-hydrogen) atoms.